The van der Waals surface area contributed by atoms with Crippen molar-refractivity contribution in [3.8, 4) is 0 Å². The van der Waals surface area contributed by atoms with E-state index < -0.39 is 0 Å². The monoisotopic (exact) mass is 268 g/mol. The molecule has 0 aromatic carbocycles. The number of thiophene rings is 1. The summed E-state index contributed by atoms with van der Waals surface area (Å²) < 4.78 is 0. The van der Waals surface area contributed by atoms with Crippen LogP contribution in [0.15, 0.2) is 11.4 Å². The molecule has 2 heterocycles. The minimum absolute atomic E-state index is 0.177. The van der Waals surface area contributed by atoms with Crippen LogP contribution in [-0.4, -0.2) is 42.2 Å². The number of hydrogen-bond acceptors (Lipinski definition) is 4. The van der Waals surface area contributed by atoms with E-state index in [1.165, 1.54) is 10.4 Å². The molecule has 4 nitrogen and oxygen atoms in total. The Morgan fingerprint density at radius 1 is 1.50 bits per heavy atom. The van der Waals surface area contributed by atoms with E-state index in [2.05, 4.69) is 16.8 Å². The lowest BCUT2D eigenvalue weighted by atomic mass is 10.1. The molecule has 1 aromatic rings. The third-order valence-corrected chi connectivity index (χ3v) is 4.22. The van der Waals surface area contributed by atoms with Crippen LogP contribution in [0.3, 0.4) is 0 Å². The van der Waals surface area contributed by atoms with E-state index in [0.717, 1.165) is 38.9 Å². The lowest BCUT2D eigenvalue weighted by Crippen LogP contribution is -2.41. The number of aliphatic hydroxyl groups is 1. The van der Waals surface area contributed by atoms with E-state index in [1.807, 2.05) is 4.90 Å². The summed E-state index contributed by atoms with van der Waals surface area (Å²) in [6, 6.07) is 2.12. The maximum atomic E-state index is 12.0. The number of carbonyl (C=O) groups is 1. The second-order valence-electron chi connectivity index (χ2n) is 4.54. The number of rotatable bonds is 6. The highest BCUT2D eigenvalue weighted by molar-refractivity contribution is 7.10. The summed E-state index contributed by atoms with van der Waals surface area (Å²) in [5, 5.41) is 13.9. The molecule has 0 saturated carbocycles. The Balaban J connectivity index is 1.71. The van der Waals surface area contributed by atoms with Crippen molar-refractivity contribution in [3.63, 3.8) is 0 Å². The summed E-state index contributed by atoms with van der Waals surface area (Å²) in [6.07, 6.45) is 2.70. The molecule has 0 atom stereocenters. The van der Waals surface area contributed by atoms with E-state index in [9.17, 15) is 4.79 Å². The molecule has 1 aliphatic rings. The molecule has 1 aliphatic heterocycles. The number of aliphatic hydroxyl groups excluding tert-OH is 1. The van der Waals surface area contributed by atoms with Crippen molar-refractivity contribution >= 4 is 17.2 Å². The molecule has 0 bridgehead atoms. The summed E-state index contributed by atoms with van der Waals surface area (Å²) in [6.45, 7) is 3.03. The van der Waals surface area contributed by atoms with Crippen LogP contribution >= 0.6 is 11.3 Å². The van der Waals surface area contributed by atoms with Crippen molar-refractivity contribution in [2.45, 2.75) is 25.8 Å². The first kappa shape index (κ1) is 13.5. The van der Waals surface area contributed by atoms with E-state index >= 15 is 0 Å². The molecule has 0 unspecified atom stereocenters. The maximum absolute atomic E-state index is 12.0. The van der Waals surface area contributed by atoms with E-state index in [0.29, 0.717) is 6.54 Å². The molecule has 2 N–H and O–H groups in total. The molecule has 0 aliphatic carbocycles. The predicted molar refractivity (Wildman–Crippen MR) is 72.6 cm³/mol. The normalized spacial score (nSPS) is 14.6. The minimum atomic E-state index is 0.177. The highest BCUT2D eigenvalue weighted by atomic mass is 32.1. The van der Waals surface area contributed by atoms with Gasteiger partial charge in [-0.25, -0.2) is 0 Å². The van der Waals surface area contributed by atoms with Crippen molar-refractivity contribution in [1.29, 1.82) is 0 Å². The number of fused-ring (bicyclic) bond motifs is 1. The summed E-state index contributed by atoms with van der Waals surface area (Å²) >= 11 is 1.79. The van der Waals surface area contributed by atoms with Crippen LogP contribution in [0.4, 0.5) is 0 Å². The fraction of sp³-hybridized carbons (Fsp3) is 0.615. The maximum Gasteiger partial charge on any atom is 0.236 e. The van der Waals surface area contributed by atoms with Gasteiger partial charge < -0.3 is 15.3 Å². The zero-order chi connectivity index (χ0) is 12.8. The first-order valence-corrected chi connectivity index (χ1v) is 7.34. The smallest absolute Gasteiger partial charge is 0.236 e. The van der Waals surface area contributed by atoms with Gasteiger partial charge in [-0.1, -0.05) is 0 Å². The lowest BCUT2D eigenvalue weighted by Gasteiger charge is -2.27. The fourth-order valence-electron chi connectivity index (χ4n) is 2.13. The Morgan fingerprint density at radius 3 is 3.22 bits per heavy atom. The third kappa shape index (κ3) is 3.54. The van der Waals surface area contributed by atoms with Crippen molar-refractivity contribution in [2.75, 3.05) is 26.2 Å². The first-order valence-electron chi connectivity index (χ1n) is 6.46. The van der Waals surface area contributed by atoms with Gasteiger partial charge in [0.2, 0.25) is 5.91 Å². The van der Waals surface area contributed by atoms with Gasteiger partial charge >= 0.3 is 0 Å². The van der Waals surface area contributed by atoms with E-state index in [-0.39, 0.29) is 12.5 Å². The Bertz CT molecular complexity index is 392. The second kappa shape index (κ2) is 6.87. The van der Waals surface area contributed by atoms with E-state index in [4.69, 9.17) is 5.11 Å². The number of hydrogen-bond donors (Lipinski definition) is 2. The zero-order valence-corrected chi connectivity index (χ0v) is 11.3. The molecule has 5 heteroatoms. The zero-order valence-electron chi connectivity index (χ0n) is 10.5. The average Bonchev–Trinajstić information content (AvgIpc) is 2.85. The van der Waals surface area contributed by atoms with Crippen LogP contribution in [0.25, 0.3) is 0 Å². The van der Waals surface area contributed by atoms with Gasteiger partial charge in [0.15, 0.2) is 0 Å². The van der Waals surface area contributed by atoms with Crippen LogP contribution < -0.4 is 5.32 Å². The predicted octanol–water partition coefficient (Wildman–Crippen LogP) is 0.995. The SMILES string of the molecule is O=C(CNCCCCO)N1CCc2sccc2C1. The topological polar surface area (TPSA) is 52.6 Å². The Hall–Kier alpha value is -0.910. The minimum Gasteiger partial charge on any atom is -0.396 e. The van der Waals surface area contributed by atoms with Crippen molar-refractivity contribution < 1.29 is 9.90 Å². The van der Waals surface area contributed by atoms with E-state index in [1.54, 1.807) is 11.3 Å². The highest BCUT2D eigenvalue weighted by Crippen LogP contribution is 2.23. The number of unbranched alkanes of at least 4 members (excludes halogenated alkanes) is 1. The number of carbonyl (C=O) groups excluding carboxylic acids is 1. The summed E-state index contributed by atoms with van der Waals surface area (Å²) in [7, 11) is 0. The van der Waals surface area contributed by atoms with Gasteiger partial charge in [-0.15, -0.1) is 11.3 Å². The van der Waals surface area contributed by atoms with Gasteiger partial charge in [0.1, 0.15) is 0 Å². The number of nitrogens with one attached hydrogen (secondary N) is 1. The second-order valence-corrected chi connectivity index (χ2v) is 5.54. The molecule has 0 radical (unpaired) electrons. The molecular formula is C13H20N2O2S. The molecule has 1 amide bonds. The molecule has 100 valence electrons. The summed E-state index contributed by atoms with van der Waals surface area (Å²) in [4.78, 5) is 15.3. The highest BCUT2D eigenvalue weighted by Gasteiger charge is 2.20. The van der Waals surface area contributed by atoms with Crippen molar-refractivity contribution in [2.24, 2.45) is 0 Å². The van der Waals surface area contributed by atoms with Crippen LogP contribution in [0.2, 0.25) is 0 Å². The van der Waals surface area contributed by atoms with Gasteiger partial charge in [-0.2, -0.15) is 0 Å². The van der Waals surface area contributed by atoms with Gasteiger partial charge in [0.25, 0.3) is 0 Å². The molecule has 0 saturated heterocycles. The van der Waals surface area contributed by atoms with Crippen LogP contribution in [0.5, 0.6) is 0 Å². The molecule has 0 spiro atoms. The van der Waals surface area contributed by atoms with Crippen molar-refractivity contribution in [3.05, 3.63) is 21.9 Å². The van der Waals surface area contributed by atoms with Gasteiger partial charge in [-0.3, -0.25) is 4.79 Å². The Kier molecular flexibility index (Phi) is 5.16. The molecule has 1 aromatic heterocycles. The van der Waals surface area contributed by atoms with Crippen molar-refractivity contribution in [1.82, 2.24) is 10.2 Å². The Morgan fingerprint density at radius 2 is 2.39 bits per heavy atom. The van der Waals surface area contributed by atoms with Crippen LogP contribution in [0.1, 0.15) is 23.3 Å². The number of amides is 1. The van der Waals surface area contributed by atoms with Gasteiger partial charge in [0.05, 0.1) is 6.54 Å². The average molecular weight is 268 g/mol. The third-order valence-electron chi connectivity index (χ3n) is 3.20. The standard InChI is InChI=1S/C13H20N2O2S/c16-7-2-1-5-14-9-13(17)15-6-3-12-11(10-15)4-8-18-12/h4,8,14,16H,1-3,5-7,9-10H2. The molecule has 0 fully saturated rings. The lowest BCUT2D eigenvalue weighted by molar-refractivity contribution is -0.131. The van der Waals surface area contributed by atoms with Gasteiger partial charge in [-0.05, 0) is 42.8 Å². The Labute approximate surface area is 112 Å². The fourth-order valence-corrected chi connectivity index (χ4v) is 3.02. The quantitative estimate of drug-likeness (QED) is 0.757. The molecule has 2 rings (SSSR count). The van der Waals surface area contributed by atoms with Gasteiger partial charge in [0, 0.05) is 24.6 Å². The van der Waals surface area contributed by atoms with Crippen LogP contribution in [0, 0.1) is 0 Å². The summed E-state index contributed by atoms with van der Waals surface area (Å²) in [5.74, 6) is 0.177. The summed E-state index contributed by atoms with van der Waals surface area (Å²) in [5.41, 5.74) is 1.31. The number of nitrogens with zero attached hydrogens (tertiary/aromatic N) is 1. The first-order chi connectivity index (χ1) is 8.81. The molecule has 18 heavy (non-hydrogen) atoms. The largest absolute Gasteiger partial charge is 0.396 e. The van der Waals surface area contributed by atoms with Crippen LogP contribution in [-0.2, 0) is 17.8 Å². The molecular weight excluding hydrogens is 248 g/mol.